The van der Waals surface area contributed by atoms with Gasteiger partial charge in [0.05, 0.1) is 13.4 Å². The summed E-state index contributed by atoms with van der Waals surface area (Å²) in [6.07, 6.45) is 2.21. The standard InChI is InChI=1S/C16H19NO3/c1-11-9-12(2)15(19-3)13(10-11)6-7-17-16(18)14-5-4-8-20-14/h4-5,8-10H,6-7H2,1-3H3,(H,17,18). The normalized spacial score (nSPS) is 10.3. The topological polar surface area (TPSA) is 51.5 Å². The second kappa shape index (κ2) is 6.28. The number of hydrogen-bond acceptors (Lipinski definition) is 3. The molecule has 0 atom stereocenters. The van der Waals surface area contributed by atoms with Crippen molar-refractivity contribution in [2.45, 2.75) is 20.3 Å². The molecular formula is C16H19NO3. The lowest BCUT2D eigenvalue weighted by molar-refractivity contribution is 0.0926. The Morgan fingerprint density at radius 1 is 1.35 bits per heavy atom. The summed E-state index contributed by atoms with van der Waals surface area (Å²) in [7, 11) is 1.67. The summed E-state index contributed by atoms with van der Waals surface area (Å²) >= 11 is 0. The van der Waals surface area contributed by atoms with E-state index in [2.05, 4.69) is 24.4 Å². The van der Waals surface area contributed by atoms with Crippen molar-refractivity contribution in [3.05, 3.63) is 53.0 Å². The Bertz CT molecular complexity index is 588. The second-order valence-corrected chi connectivity index (χ2v) is 4.76. The Kier molecular flexibility index (Phi) is 4.45. The molecule has 1 heterocycles. The quantitative estimate of drug-likeness (QED) is 0.911. The van der Waals surface area contributed by atoms with Gasteiger partial charge in [0.1, 0.15) is 5.75 Å². The fraction of sp³-hybridized carbons (Fsp3) is 0.312. The van der Waals surface area contributed by atoms with Gasteiger partial charge >= 0.3 is 0 Å². The molecule has 0 bridgehead atoms. The molecule has 0 radical (unpaired) electrons. The van der Waals surface area contributed by atoms with Crippen molar-refractivity contribution in [2.75, 3.05) is 13.7 Å². The lowest BCUT2D eigenvalue weighted by Gasteiger charge is -2.13. The summed E-state index contributed by atoms with van der Waals surface area (Å²) in [5.74, 6) is 1.03. The molecule has 2 aromatic rings. The minimum absolute atomic E-state index is 0.196. The van der Waals surface area contributed by atoms with E-state index in [0.29, 0.717) is 12.3 Å². The summed E-state index contributed by atoms with van der Waals surface area (Å²) in [5.41, 5.74) is 3.40. The molecule has 0 fully saturated rings. The number of benzene rings is 1. The van der Waals surface area contributed by atoms with E-state index in [1.165, 1.54) is 11.8 Å². The summed E-state index contributed by atoms with van der Waals surface area (Å²) < 4.78 is 10.5. The number of carbonyl (C=O) groups is 1. The molecule has 1 aromatic carbocycles. The van der Waals surface area contributed by atoms with Gasteiger partial charge in [0.25, 0.3) is 5.91 Å². The average molecular weight is 273 g/mol. The van der Waals surface area contributed by atoms with Gasteiger partial charge < -0.3 is 14.5 Å². The third-order valence-corrected chi connectivity index (χ3v) is 3.12. The van der Waals surface area contributed by atoms with E-state index < -0.39 is 0 Å². The monoisotopic (exact) mass is 273 g/mol. The molecule has 1 aromatic heterocycles. The Balaban J connectivity index is 1.99. The number of nitrogens with one attached hydrogen (secondary N) is 1. The predicted octanol–water partition coefficient (Wildman–Crippen LogP) is 2.88. The van der Waals surface area contributed by atoms with Crippen LogP contribution in [0.4, 0.5) is 0 Å². The fourth-order valence-corrected chi connectivity index (χ4v) is 2.33. The summed E-state index contributed by atoms with van der Waals surface area (Å²) in [6, 6.07) is 7.52. The number of hydrogen-bond donors (Lipinski definition) is 1. The van der Waals surface area contributed by atoms with E-state index in [1.54, 1.807) is 19.2 Å². The minimum atomic E-state index is -0.196. The molecule has 106 valence electrons. The molecule has 0 aliphatic heterocycles. The summed E-state index contributed by atoms with van der Waals surface area (Å²) in [6.45, 7) is 4.62. The van der Waals surface area contributed by atoms with Gasteiger partial charge in [0, 0.05) is 6.54 Å². The first-order valence-corrected chi connectivity index (χ1v) is 6.57. The summed E-state index contributed by atoms with van der Waals surface area (Å²) in [4.78, 5) is 11.7. The van der Waals surface area contributed by atoms with Gasteiger partial charge in [-0.3, -0.25) is 4.79 Å². The highest BCUT2D eigenvalue weighted by molar-refractivity contribution is 5.91. The maximum Gasteiger partial charge on any atom is 0.286 e. The Morgan fingerprint density at radius 2 is 2.15 bits per heavy atom. The lowest BCUT2D eigenvalue weighted by Crippen LogP contribution is -2.25. The van der Waals surface area contributed by atoms with Crippen LogP contribution in [0.15, 0.2) is 34.9 Å². The number of aryl methyl sites for hydroxylation is 2. The van der Waals surface area contributed by atoms with Crippen molar-refractivity contribution in [3.8, 4) is 5.75 Å². The van der Waals surface area contributed by atoms with Crippen molar-refractivity contribution < 1.29 is 13.9 Å². The van der Waals surface area contributed by atoms with Gasteiger partial charge in [-0.2, -0.15) is 0 Å². The van der Waals surface area contributed by atoms with E-state index in [-0.39, 0.29) is 5.91 Å². The largest absolute Gasteiger partial charge is 0.496 e. The van der Waals surface area contributed by atoms with Crippen molar-refractivity contribution >= 4 is 5.91 Å². The highest BCUT2D eigenvalue weighted by Crippen LogP contribution is 2.25. The van der Waals surface area contributed by atoms with Gasteiger partial charge in [0.2, 0.25) is 0 Å². The maximum absolute atomic E-state index is 11.7. The van der Waals surface area contributed by atoms with Crippen LogP contribution in [0.25, 0.3) is 0 Å². The Hall–Kier alpha value is -2.23. The van der Waals surface area contributed by atoms with Crippen molar-refractivity contribution in [3.63, 3.8) is 0 Å². The Morgan fingerprint density at radius 3 is 2.80 bits per heavy atom. The first-order chi connectivity index (χ1) is 9.61. The molecule has 0 saturated carbocycles. The predicted molar refractivity (Wildman–Crippen MR) is 77.2 cm³/mol. The molecule has 20 heavy (non-hydrogen) atoms. The van der Waals surface area contributed by atoms with Crippen LogP contribution in [0.1, 0.15) is 27.2 Å². The second-order valence-electron chi connectivity index (χ2n) is 4.76. The van der Waals surface area contributed by atoms with Crippen LogP contribution < -0.4 is 10.1 Å². The molecule has 0 saturated heterocycles. The van der Waals surface area contributed by atoms with Crippen LogP contribution in [0.2, 0.25) is 0 Å². The van der Waals surface area contributed by atoms with Crippen LogP contribution in [0.5, 0.6) is 5.75 Å². The van der Waals surface area contributed by atoms with Crippen molar-refractivity contribution in [1.82, 2.24) is 5.32 Å². The number of methoxy groups -OCH3 is 1. The molecule has 0 spiro atoms. The van der Waals surface area contributed by atoms with E-state index in [0.717, 1.165) is 23.3 Å². The summed E-state index contributed by atoms with van der Waals surface area (Å²) in [5, 5.41) is 2.84. The molecule has 0 aliphatic carbocycles. The molecule has 4 heteroatoms. The van der Waals surface area contributed by atoms with E-state index >= 15 is 0 Å². The third kappa shape index (κ3) is 3.20. The highest BCUT2D eigenvalue weighted by Gasteiger charge is 2.10. The molecule has 0 aliphatic rings. The lowest BCUT2D eigenvalue weighted by atomic mass is 10.0. The SMILES string of the molecule is COc1c(C)cc(C)cc1CCNC(=O)c1ccco1. The molecular weight excluding hydrogens is 254 g/mol. The zero-order chi connectivity index (χ0) is 14.5. The van der Waals surface area contributed by atoms with Crippen LogP contribution in [0.3, 0.4) is 0 Å². The van der Waals surface area contributed by atoms with Gasteiger partial charge in [0.15, 0.2) is 5.76 Å². The van der Waals surface area contributed by atoms with Crippen LogP contribution in [0, 0.1) is 13.8 Å². The van der Waals surface area contributed by atoms with E-state index in [9.17, 15) is 4.79 Å². The number of rotatable bonds is 5. The number of furan rings is 1. The first-order valence-electron chi connectivity index (χ1n) is 6.57. The molecule has 1 amide bonds. The zero-order valence-corrected chi connectivity index (χ0v) is 12.0. The van der Waals surface area contributed by atoms with E-state index in [1.807, 2.05) is 6.92 Å². The maximum atomic E-state index is 11.7. The highest BCUT2D eigenvalue weighted by atomic mass is 16.5. The molecule has 2 rings (SSSR count). The van der Waals surface area contributed by atoms with E-state index in [4.69, 9.17) is 9.15 Å². The number of amides is 1. The van der Waals surface area contributed by atoms with Crippen LogP contribution >= 0.6 is 0 Å². The third-order valence-electron chi connectivity index (χ3n) is 3.12. The van der Waals surface area contributed by atoms with Gasteiger partial charge in [-0.25, -0.2) is 0 Å². The number of ether oxygens (including phenoxy) is 1. The first kappa shape index (κ1) is 14.2. The fourth-order valence-electron chi connectivity index (χ4n) is 2.33. The molecule has 1 N–H and O–H groups in total. The zero-order valence-electron chi connectivity index (χ0n) is 12.0. The van der Waals surface area contributed by atoms with Gasteiger partial charge in [-0.15, -0.1) is 0 Å². The van der Waals surface area contributed by atoms with Crippen molar-refractivity contribution in [2.24, 2.45) is 0 Å². The van der Waals surface area contributed by atoms with Gasteiger partial charge in [-0.05, 0) is 43.5 Å². The number of carbonyl (C=O) groups excluding carboxylic acids is 1. The van der Waals surface area contributed by atoms with Gasteiger partial charge in [-0.1, -0.05) is 17.7 Å². The average Bonchev–Trinajstić information content (AvgIpc) is 2.92. The van der Waals surface area contributed by atoms with Crippen LogP contribution in [-0.4, -0.2) is 19.6 Å². The molecule has 0 unspecified atom stereocenters. The minimum Gasteiger partial charge on any atom is -0.496 e. The molecule has 4 nitrogen and oxygen atoms in total. The Labute approximate surface area is 118 Å². The smallest absolute Gasteiger partial charge is 0.286 e. The van der Waals surface area contributed by atoms with Crippen molar-refractivity contribution in [1.29, 1.82) is 0 Å². The van der Waals surface area contributed by atoms with Crippen LogP contribution in [-0.2, 0) is 6.42 Å².